The van der Waals surface area contributed by atoms with Gasteiger partial charge in [0.2, 0.25) is 25.0 Å². The summed E-state index contributed by atoms with van der Waals surface area (Å²) in [5.74, 6) is 0. The van der Waals surface area contributed by atoms with Crippen LogP contribution in [0.2, 0.25) is 45.3 Å². The lowest BCUT2D eigenvalue weighted by Crippen LogP contribution is -2.61. The molecular formula is C22H48O3Si4. The van der Waals surface area contributed by atoms with Crippen LogP contribution in [0.5, 0.6) is 0 Å². The molecule has 0 fully saturated rings. The molecule has 29 heavy (non-hydrogen) atoms. The molecule has 0 saturated heterocycles. The molecule has 0 aliphatic carbocycles. The molecule has 0 bridgehead atoms. The lowest BCUT2D eigenvalue weighted by Gasteiger charge is -2.43. The first-order chi connectivity index (χ1) is 13.4. The molecule has 0 atom stereocenters. The largest absolute Gasteiger partial charge is 0.470 e. The minimum Gasteiger partial charge on any atom is -0.413 e. The van der Waals surface area contributed by atoms with Crippen LogP contribution in [0.4, 0.5) is 0 Å². The molecule has 0 spiro atoms. The second-order valence-electron chi connectivity index (χ2n) is 9.64. The van der Waals surface area contributed by atoms with Gasteiger partial charge in [0.15, 0.2) is 0 Å². The molecule has 3 nitrogen and oxygen atoms in total. The van der Waals surface area contributed by atoms with Crippen molar-refractivity contribution in [1.29, 1.82) is 0 Å². The molecule has 0 saturated carbocycles. The smallest absolute Gasteiger partial charge is 0.413 e. The van der Waals surface area contributed by atoms with Gasteiger partial charge in [0.05, 0.1) is 0 Å². The van der Waals surface area contributed by atoms with Gasteiger partial charge in [-0.05, 0) is 45.7 Å². The first-order valence-electron chi connectivity index (χ1n) is 11.4. The van der Waals surface area contributed by atoms with Crippen molar-refractivity contribution in [1.82, 2.24) is 0 Å². The molecular weight excluding hydrogens is 425 g/mol. The van der Waals surface area contributed by atoms with Crippen LogP contribution >= 0.6 is 0 Å². The maximum Gasteiger partial charge on any atom is 0.470 e. The first kappa shape index (κ1) is 29.0. The molecule has 0 rings (SSSR count). The number of hydrogen-bond acceptors (Lipinski definition) is 3. The zero-order valence-corrected chi connectivity index (χ0v) is 24.4. The molecule has 0 aliphatic rings. The molecule has 0 aromatic carbocycles. The van der Waals surface area contributed by atoms with Crippen molar-refractivity contribution in [2.45, 2.75) is 104 Å². The van der Waals surface area contributed by atoms with Crippen molar-refractivity contribution in [3.05, 3.63) is 36.8 Å². The van der Waals surface area contributed by atoms with Crippen LogP contribution in [0, 0.1) is 0 Å². The monoisotopic (exact) mass is 472 g/mol. The highest BCUT2D eigenvalue weighted by Crippen LogP contribution is 2.31. The van der Waals surface area contributed by atoms with E-state index in [2.05, 4.69) is 65.9 Å². The van der Waals surface area contributed by atoms with Crippen molar-refractivity contribution in [2.24, 2.45) is 0 Å². The maximum atomic E-state index is 6.80. The topological polar surface area (TPSA) is 27.7 Å². The Morgan fingerprint density at radius 3 is 1.17 bits per heavy atom. The van der Waals surface area contributed by atoms with Gasteiger partial charge in [-0.2, -0.15) is 0 Å². The zero-order valence-electron chi connectivity index (χ0n) is 20.4. The molecule has 170 valence electrons. The molecule has 0 aliphatic heterocycles. The summed E-state index contributed by atoms with van der Waals surface area (Å²) < 4.78 is 20.4. The number of unbranched alkanes of at least 4 members (excludes halogenated alkanes) is 7. The van der Waals surface area contributed by atoms with Gasteiger partial charge in [0.25, 0.3) is 0 Å². The fourth-order valence-electron chi connectivity index (χ4n) is 3.02. The predicted octanol–water partition coefficient (Wildman–Crippen LogP) is 7.91. The van der Waals surface area contributed by atoms with E-state index in [-0.39, 0.29) is 0 Å². The van der Waals surface area contributed by atoms with Crippen LogP contribution in [0.1, 0.15) is 58.3 Å². The summed E-state index contributed by atoms with van der Waals surface area (Å²) in [4.78, 5) is 0. The fourth-order valence-corrected chi connectivity index (χ4v) is 17.2. The van der Waals surface area contributed by atoms with Gasteiger partial charge in [-0.1, -0.05) is 69.0 Å². The molecule has 7 heteroatoms. The van der Waals surface area contributed by atoms with Gasteiger partial charge in [0.1, 0.15) is 0 Å². The Hall–Kier alpha value is -0.0325. The van der Waals surface area contributed by atoms with E-state index in [4.69, 9.17) is 12.3 Å². The van der Waals surface area contributed by atoms with Crippen molar-refractivity contribution in [2.75, 3.05) is 0 Å². The molecule has 0 aromatic rings. The normalized spacial score (nSPS) is 13.3. The SMILES string of the molecule is C=C[Si](C)(C)O[Si](CCCCCCCCCC)(O[Si](C)(C)C=C)O[Si](C)(C)C=C. The summed E-state index contributed by atoms with van der Waals surface area (Å²) >= 11 is 0. The van der Waals surface area contributed by atoms with E-state index in [1.807, 2.05) is 17.1 Å². The highest BCUT2D eigenvalue weighted by Gasteiger charge is 2.50. The second kappa shape index (κ2) is 13.4. The Morgan fingerprint density at radius 2 is 0.862 bits per heavy atom. The van der Waals surface area contributed by atoms with Crippen LogP contribution in [0.25, 0.3) is 0 Å². The maximum absolute atomic E-state index is 6.80. The van der Waals surface area contributed by atoms with E-state index < -0.39 is 33.8 Å². The average Bonchev–Trinajstić information content (AvgIpc) is 2.63. The van der Waals surface area contributed by atoms with Gasteiger partial charge in [-0.25, -0.2) is 0 Å². The summed E-state index contributed by atoms with van der Waals surface area (Å²) in [6.45, 7) is 27.4. The van der Waals surface area contributed by atoms with Gasteiger partial charge in [-0.15, -0.1) is 19.7 Å². The predicted molar refractivity (Wildman–Crippen MR) is 139 cm³/mol. The zero-order chi connectivity index (χ0) is 22.6. The first-order valence-corrected chi connectivity index (χ1v) is 22.3. The van der Waals surface area contributed by atoms with Gasteiger partial charge in [-0.3, -0.25) is 0 Å². The Balaban J connectivity index is 5.35. The van der Waals surface area contributed by atoms with Gasteiger partial charge < -0.3 is 12.3 Å². The Bertz CT molecular complexity index is 449. The average molecular weight is 473 g/mol. The Morgan fingerprint density at radius 1 is 0.552 bits per heavy atom. The minimum absolute atomic E-state index is 0.876. The third-order valence-corrected chi connectivity index (χ3v) is 19.0. The molecule has 0 unspecified atom stereocenters. The van der Waals surface area contributed by atoms with E-state index in [1.54, 1.807) is 0 Å². The minimum atomic E-state index is -2.87. The van der Waals surface area contributed by atoms with E-state index in [0.717, 1.165) is 12.5 Å². The fraction of sp³-hybridized carbons (Fsp3) is 0.727. The van der Waals surface area contributed by atoms with Crippen molar-refractivity contribution >= 4 is 33.8 Å². The summed E-state index contributed by atoms with van der Waals surface area (Å²) in [5.41, 5.74) is 5.96. The van der Waals surface area contributed by atoms with Crippen LogP contribution in [-0.2, 0) is 12.3 Å². The molecule has 0 aromatic heterocycles. The third kappa shape index (κ3) is 13.1. The van der Waals surface area contributed by atoms with Gasteiger partial charge in [0, 0.05) is 6.04 Å². The van der Waals surface area contributed by atoms with E-state index >= 15 is 0 Å². The van der Waals surface area contributed by atoms with Crippen LogP contribution in [0.3, 0.4) is 0 Å². The van der Waals surface area contributed by atoms with Crippen LogP contribution < -0.4 is 0 Å². The standard InChI is InChI=1S/C22H48O3Si4/c1-11-15-16-17-18-19-20-21-22-29(23-26(5,6)12-2,24-27(7,8)13-3)25-28(9,10)14-4/h12-14H,2-4,11,15-22H2,1,5-10H3. The summed E-state index contributed by atoms with van der Waals surface area (Å²) in [6.07, 6.45) is 10.3. The second-order valence-corrected chi connectivity index (χ2v) is 24.8. The molecule has 0 radical (unpaired) electrons. The van der Waals surface area contributed by atoms with E-state index in [0.29, 0.717) is 0 Å². The number of rotatable bonds is 18. The highest BCUT2D eigenvalue weighted by atomic mass is 28.5. The van der Waals surface area contributed by atoms with Crippen LogP contribution in [-0.4, -0.2) is 33.8 Å². The van der Waals surface area contributed by atoms with Crippen molar-refractivity contribution < 1.29 is 12.3 Å². The summed E-state index contributed by atoms with van der Waals surface area (Å²) in [5, 5.41) is 0. The molecule has 0 amide bonds. The molecule has 0 N–H and O–H groups in total. The van der Waals surface area contributed by atoms with E-state index in [1.165, 1.54) is 44.9 Å². The quantitative estimate of drug-likeness (QED) is 0.150. The summed E-state index contributed by atoms with van der Waals surface area (Å²) in [6, 6.07) is 0.876. The highest BCUT2D eigenvalue weighted by molar-refractivity contribution is 6.93. The van der Waals surface area contributed by atoms with Crippen molar-refractivity contribution in [3.8, 4) is 0 Å². The molecule has 0 heterocycles. The lowest BCUT2D eigenvalue weighted by atomic mass is 10.1. The van der Waals surface area contributed by atoms with E-state index in [9.17, 15) is 0 Å². The Kier molecular flexibility index (Phi) is 13.4. The number of hydrogen-bond donors (Lipinski definition) is 0. The van der Waals surface area contributed by atoms with Crippen molar-refractivity contribution in [3.63, 3.8) is 0 Å². The Labute approximate surface area is 186 Å². The third-order valence-electron chi connectivity index (χ3n) is 5.07. The lowest BCUT2D eigenvalue weighted by molar-refractivity contribution is 0.253. The van der Waals surface area contributed by atoms with Gasteiger partial charge >= 0.3 is 8.80 Å². The van der Waals surface area contributed by atoms with Crippen LogP contribution in [0.15, 0.2) is 36.8 Å². The summed E-state index contributed by atoms with van der Waals surface area (Å²) in [7, 11) is -9.10.